The van der Waals surface area contributed by atoms with Gasteiger partial charge in [-0.1, -0.05) is 18.2 Å². The number of allylic oxidation sites excluding steroid dienone is 2. The second-order valence-electron chi connectivity index (χ2n) is 5.16. The Bertz CT molecular complexity index is 1000. The number of rotatable bonds is 5. The van der Waals surface area contributed by atoms with Crippen molar-refractivity contribution in [2.75, 3.05) is 19.5 Å². The number of hydrogen-bond donors (Lipinski definition) is 1. The van der Waals surface area contributed by atoms with Gasteiger partial charge in [0.15, 0.2) is 5.57 Å². The second-order valence-corrected chi connectivity index (χ2v) is 5.16. The zero-order valence-corrected chi connectivity index (χ0v) is 14.6. The van der Waals surface area contributed by atoms with Crippen LogP contribution in [0.15, 0.2) is 53.7 Å². The number of benzene rings is 2. The lowest BCUT2D eigenvalue weighted by Gasteiger charge is -2.15. The van der Waals surface area contributed by atoms with Crippen molar-refractivity contribution in [3.63, 3.8) is 0 Å². The van der Waals surface area contributed by atoms with Crippen LogP contribution in [0.25, 0.3) is 11.1 Å². The predicted molar refractivity (Wildman–Crippen MR) is 97.3 cm³/mol. The van der Waals surface area contributed by atoms with Crippen molar-refractivity contribution < 1.29 is 14.3 Å². The Hall–Kier alpha value is -4.28. The first-order valence-corrected chi connectivity index (χ1v) is 7.67. The maximum absolute atomic E-state index is 12.2. The Labute approximate surface area is 156 Å². The Morgan fingerprint density at radius 2 is 1.63 bits per heavy atom. The minimum Gasteiger partial charge on any atom is -0.497 e. The number of carbonyl (C=O) groups excluding carboxylic acids is 1. The van der Waals surface area contributed by atoms with Gasteiger partial charge < -0.3 is 14.8 Å². The van der Waals surface area contributed by atoms with E-state index in [4.69, 9.17) is 20.0 Å². The number of esters is 1. The number of methoxy groups -OCH3 is 2. The highest BCUT2D eigenvalue weighted by Crippen LogP contribution is 2.34. The molecule has 2 rings (SSSR count). The molecule has 0 spiro atoms. The van der Waals surface area contributed by atoms with Crippen LogP contribution in [0.4, 0.5) is 5.69 Å². The fourth-order valence-corrected chi connectivity index (χ4v) is 2.42. The molecule has 0 saturated heterocycles. The molecule has 0 aromatic heterocycles. The minimum atomic E-state index is -0.562. The number of anilines is 1. The Balaban J connectivity index is 2.70. The summed E-state index contributed by atoms with van der Waals surface area (Å²) >= 11 is 0. The molecule has 0 aliphatic rings. The summed E-state index contributed by atoms with van der Waals surface area (Å²) in [4.78, 5) is 12.2. The van der Waals surface area contributed by atoms with Crippen LogP contribution in [0.1, 0.15) is 10.4 Å². The first kappa shape index (κ1) is 19.1. The van der Waals surface area contributed by atoms with Crippen LogP contribution in [0, 0.1) is 34.0 Å². The zero-order chi connectivity index (χ0) is 19.8. The third-order valence-corrected chi connectivity index (χ3v) is 3.69. The zero-order valence-electron chi connectivity index (χ0n) is 14.6. The summed E-state index contributed by atoms with van der Waals surface area (Å²) in [6, 6.07) is 16.9. The summed E-state index contributed by atoms with van der Waals surface area (Å²) in [6.07, 6.45) is 0. The molecule has 1 N–H and O–H groups in total. The average Bonchev–Trinajstić information content (AvgIpc) is 2.73. The Morgan fingerprint density at radius 3 is 2.15 bits per heavy atom. The number of nitrogens with one attached hydrogen (secondary N) is 1. The lowest BCUT2D eigenvalue weighted by molar-refractivity contribution is 0.0601. The van der Waals surface area contributed by atoms with Crippen molar-refractivity contribution in [2.45, 2.75) is 0 Å². The molecule has 0 aliphatic heterocycles. The highest BCUT2D eigenvalue weighted by atomic mass is 16.5. The van der Waals surface area contributed by atoms with Gasteiger partial charge in [-0.05, 0) is 29.8 Å². The normalized spacial score (nSPS) is 9.15. The van der Waals surface area contributed by atoms with Crippen LogP contribution >= 0.6 is 0 Å². The van der Waals surface area contributed by atoms with Crippen molar-refractivity contribution in [3.05, 3.63) is 59.3 Å². The van der Waals surface area contributed by atoms with Gasteiger partial charge in [0.25, 0.3) is 0 Å². The predicted octanol–water partition coefficient (Wildman–Crippen LogP) is 3.39. The number of ether oxygens (including phenoxy) is 2. The molecule has 0 radical (unpaired) electrons. The van der Waals surface area contributed by atoms with Gasteiger partial charge in [0.1, 0.15) is 29.7 Å². The van der Waals surface area contributed by atoms with E-state index in [1.54, 1.807) is 67.8 Å². The molecule has 0 unspecified atom stereocenters. The monoisotopic (exact) mass is 358 g/mol. The molecule has 0 amide bonds. The van der Waals surface area contributed by atoms with Crippen LogP contribution in [0.5, 0.6) is 5.75 Å². The number of nitriles is 3. The molecular formula is C20H14N4O3. The molecule has 0 fully saturated rings. The smallest absolute Gasteiger partial charge is 0.338 e. The number of hydrogen-bond acceptors (Lipinski definition) is 7. The molecule has 7 nitrogen and oxygen atoms in total. The van der Waals surface area contributed by atoms with Gasteiger partial charge in [0, 0.05) is 11.3 Å². The van der Waals surface area contributed by atoms with Gasteiger partial charge >= 0.3 is 5.97 Å². The first-order valence-electron chi connectivity index (χ1n) is 7.67. The molecule has 0 bridgehead atoms. The summed E-state index contributed by atoms with van der Waals surface area (Å²) in [5.41, 5.74) is 1.20. The van der Waals surface area contributed by atoms with E-state index in [2.05, 4.69) is 5.32 Å². The summed E-state index contributed by atoms with van der Waals surface area (Å²) in [6.45, 7) is 0. The largest absolute Gasteiger partial charge is 0.497 e. The van der Waals surface area contributed by atoms with E-state index in [0.29, 0.717) is 22.6 Å². The van der Waals surface area contributed by atoms with Crippen molar-refractivity contribution in [1.29, 1.82) is 15.8 Å². The van der Waals surface area contributed by atoms with E-state index in [9.17, 15) is 10.1 Å². The van der Waals surface area contributed by atoms with Crippen molar-refractivity contribution in [1.82, 2.24) is 0 Å². The van der Waals surface area contributed by atoms with Gasteiger partial charge in [-0.3, -0.25) is 0 Å². The van der Waals surface area contributed by atoms with Gasteiger partial charge in [0.05, 0.1) is 19.8 Å². The lowest BCUT2D eigenvalue weighted by atomic mass is 9.97. The fourth-order valence-electron chi connectivity index (χ4n) is 2.42. The minimum absolute atomic E-state index is 0.211. The SMILES string of the molecule is COC(=O)c1cccc(NC(C#N)=C(C#N)C#N)c1-c1ccc(OC)cc1. The van der Waals surface area contributed by atoms with E-state index in [1.165, 1.54) is 7.11 Å². The summed E-state index contributed by atoms with van der Waals surface area (Å²) in [5.74, 6) is 0.0745. The molecule has 0 atom stereocenters. The van der Waals surface area contributed by atoms with Crippen molar-refractivity contribution >= 4 is 11.7 Å². The Morgan fingerprint density at radius 1 is 0.963 bits per heavy atom. The van der Waals surface area contributed by atoms with Crippen molar-refractivity contribution in [3.8, 4) is 35.1 Å². The highest BCUT2D eigenvalue weighted by Gasteiger charge is 2.18. The maximum atomic E-state index is 12.2. The van der Waals surface area contributed by atoms with Gasteiger partial charge in [-0.2, -0.15) is 15.8 Å². The molecular weight excluding hydrogens is 344 g/mol. The lowest BCUT2D eigenvalue weighted by Crippen LogP contribution is -2.08. The molecule has 27 heavy (non-hydrogen) atoms. The second kappa shape index (κ2) is 8.71. The van der Waals surface area contributed by atoms with E-state index in [1.807, 2.05) is 0 Å². The van der Waals surface area contributed by atoms with Crippen LogP contribution in [-0.2, 0) is 4.74 Å². The summed E-state index contributed by atoms with van der Waals surface area (Å²) in [5, 5.41) is 30.1. The van der Waals surface area contributed by atoms with Crippen molar-refractivity contribution in [2.24, 2.45) is 0 Å². The third-order valence-electron chi connectivity index (χ3n) is 3.69. The molecule has 0 heterocycles. The molecule has 7 heteroatoms. The van der Waals surface area contributed by atoms with E-state index < -0.39 is 5.97 Å². The van der Waals surface area contributed by atoms with Gasteiger partial charge in [0.2, 0.25) is 0 Å². The molecule has 0 saturated carbocycles. The topological polar surface area (TPSA) is 119 Å². The van der Waals surface area contributed by atoms with Crippen LogP contribution in [0.3, 0.4) is 0 Å². The van der Waals surface area contributed by atoms with E-state index in [0.717, 1.165) is 0 Å². The van der Waals surface area contributed by atoms with Crippen LogP contribution < -0.4 is 10.1 Å². The molecule has 132 valence electrons. The molecule has 2 aromatic carbocycles. The quantitative estimate of drug-likeness (QED) is 0.642. The number of carbonyl (C=O) groups is 1. The highest BCUT2D eigenvalue weighted by molar-refractivity contribution is 6.01. The van der Waals surface area contributed by atoms with E-state index >= 15 is 0 Å². The third kappa shape index (κ3) is 4.04. The van der Waals surface area contributed by atoms with Crippen LogP contribution in [0.2, 0.25) is 0 Å². The summed E-state index contributed by atoms with van der Waals surface area (Å²) < 4.78 is 9.99. The van der Waals surface area contributed by atoms with Gasteiger partial charge in [-0.25, -0.2) is 4.79 Å². The van der Waals surface area contributed by atoms with Crippen LogP contribution in [-0.4, -0.2) is 20.2 Å². The Kier molecular flexibility index (Phi) is 6.15. The van der Waals surface area contributed by atoms with E-state index in [-0.39, 0.29) is 16.8 Å². The number of nitrogens with zero attached hydrogens (tertiary/aromatic N) is 3. The molecule has 2 aromatic rings. The standard InChI is InChI=1S/C20H14N4O3/c1-26-15-8-6-13(7-9-15)19-16(20(25)27-2)4-3-5-17(19)24-18(12-23)14(10-21)11-22/h3-9,24H,1-2H3. The average molecular weight is 358 g/mol. The summed E-state index contributed by atoms with van der Waals surface area (Å²) in [7, 11) is 2.81. The van der Waals surface area contributed by atoms with Gasteiger partial charge in [-0.15, -0.1) is 0 Å². The molecule has 0 aliphatic carbocycles. The maximum Gasteiger partial charge on any atom is 0.338 e. The fraction of sp³-hybridized carbons (Fsp3) is 0.100. The first-order chi connectivity index (χ1) is 13.1.